The van der Waals surface area contributed by atoms with Crippen molar-refractivity contribution in [1.82, 2.24) is 20.1 Å². The average Bonchev–Trinajstić information content (AvgIpc) is 3.25. The Balaban J connectivity index is 1.47. The number of carbonyl (C=O) groups excluding carboxylic acids is 1. The first-order chi connectivity index (χ1) is 11.8. The number of amides is 1. The zero-order valence-electron chi connectivity index (χ0n) is 13.7. The fraction of sp³-hybridized carbons (Fsp3) is 0.368. The zero-order chi connectivity index (χ0) is 16.4. The number of nitrogens with zero attached hydrogens (tertiary/aromatic N) is 2. The van der Waals surface area contributed by atoms with Crippen molar-refractivity contribution < 1.29 is 4.79 Å². The molecule has 5 nitrogen and oxygen atoms in total. The van der Waals surface area contributed by atoms with E-state index in [1.54, 1.807) is 6.20 Å². The lowest BCUT2D eigenvalue weighted by Gasteiger charge is -2.10. The third-order valence-corrected chi connectivity index (χ3v) is 4.79. The molecule has 3 aromatic rings. The number of aromatic amines is 1. The number of hydrogen-bond donors (Lipinski definition) is 2. The Morgan fingerprint density at radius 2 is 2.17 bits per heavy atom. The molecule has 24 heavy (non-hydrogen) atoms. The lowest BCUT2D eigenvalue weighted by molar-refractivity contribution is 0.0954. The second-order valence-corrected chi connectivity index (χ2v) is 6.40. The monoisotopic (exact) mass is 322 g/mol. The van der Waals surface area contributed by atoms with E-state index in [1.807, 2.05) is 29.1 Å². The largest absolute Gasteiger partial charge is 0.358 e. The first kappa shape index (κ1) is 15.0. The molecule has 0 fully saturated rings. The van der Waals surface area contributed by atoms with Crippen molar-refractivity contribution >= 4 is 16.8 Å². The van der Waals surface area contributed by atoms with E-state index in [1.165, 1.54) is 29.5 Å². The van der Waals surface area contributed by atoms with Crippen LogP contribution in [0.2, 0.25) is 0 Å². The van der Waals surface area contributed by atoms with Gasteiger partial charge < -0.3 is 10.3 Å². The van der Waals surface area contributed by atoms with E-state index in [0.29, 0.717) is 6.54 Å². The van der Waals surface area contributed by atoms with Crippen LogP contribution in [0.4, 0.5) is 0 Å². The lowest BCUT2D eigenvalue weighted by atomic mass is 9.95. The molecular formula is C19H22N4O. The van der Waals surface area contributed by atoms with Crippen LogP contribution in [0.1, 0.15) is 40.9 Å². The van der Waals surface area contributed by atoms with E-state index in [4.69, 9.17) is 0 Å². The highest BCUT2D eigenvalue weighted by Crippen LogP contribution is 2.30. The number of aromatic nitrogens is 3. The van der Waals surface area contributed by atoms with Crippen LogP contribution in [0.3, 0.4) is 0 Å². The van der Waals surface area contributed by atoms with Gasteiger partial charge in [-0.15, -0.1) is 0 Å². The number of carbonyl (C=O) groups is 1. The summed E-state index contributed by atoms with van der Waals surface area (Å²) in [5.74, 6) is -0.000313. The SMILES string of the molecule is O=C(NCCCn1cccn1)c1cccc2c3c([nH]c12)CCCC3. The summed E-state index contributed by atoms with van der Waals surface area (Å²) in [5.41, 5.74) is 4.47. The van der Waals surface area contributed by atoms with Crippen molar-refractivity contribution in [2.24, 2.45) is 0 Å². The summed E-state index contributed by atoms with van der Waals surface area (Å²) in [4.78, 5) is 16.1. The second-order valence-electron chi connectivity index (χ2n) is 6.40. The molecule has 2 aromatic heterocycles. The molecule has 0 aliphatic heterocycles. The van der Waals surface area contributed by atoms with Gasteiger partial charge in [0.25, 0.3) is 5.91 Å². The van der Waals surface area contributed by atoms with E-state index < -0.39 is 0 Å². The Labute approximate surface area is 141 Å². The molecule has 2 N–H and O–H groups in total. The summed E-state index contributed by atoms with van der Waals surface area (Å²) in [6.07, 6.45) is 9.25. The number of hydrogen-bond acceptors (Lipinski definition) is 2. The molecule has 1 amide bonds. The van der Waals surface area contributed by atoms with Gasteiger partial charge in [-0.1, -0.05) is 12.1 Å². The van der Waals surface area contributed by atoms with Crippen LogP contribution in [0.5, 0.6) is 0 Å². The molecule has 124 valence electrons. The highest BCUT2D eigenvalue weighted by atomic mass is 16.1. The third kappa shape index (κ3) is 2.82. The molecule has 1 aromatic carbocycles. The maximum absolute atomic E-state index is 12.6. The van der Waals surface area contributed by atoms with Gasteiger partial charge in [0.15, 0.2) is 0 Å². The van der Waals surface area contributed by atoms with Gasteiger partial charge >= 0.3 is 0 Å². The Morgan fingerprint density at radius 3 is 3.04 bits per heavy atom. The molecule has 1 aliphatic carbocycles. The fourth-order valence-electron chi connectivity index (χ4n) is 3.59. The number of nitrogens with one attached hydrogen (secondary N) is 2. The van der Waals surface area contributed by atoms with Gasteiger partial charge in [-0.2, -0.15) is 5.10 Å². The number of aryl methyl sites for hydroxylation is 3. The Hall–Kier alpha value is -2.56. The minimum Gasteiger partial charge on any atom is -0.358 e. The summed E-state index contributed by atoms with van der Waals surface area (Å²) >= 11 is 0. The summed E-state index contributed by atoms with van der Waals surface area (Å²) < 4.78 is 1.88. The van der Waals surface area contributed by atoms with Crippen molar-refractivity contribution in [3.63, 3.8) is 0 Å². The molecule has 5 heteroatoms. The standard InChI is InChI=1S/C19H22N4O/c24-19(20-10-4-12-23-13-5-11-21-23)16-8-3-7-15-14-6-1-2-9-17(14)22-18(15)16/h3,5,7-8,11,13,22H,1-2,4,6,9-10,12H2,(H,20,24). The van der Waals surface area contributed by atoms with Crippen LogP contribution < -0.4 is 5.32 Å². The smallest absolute Gasteiger partial charge is 0.253 e. The van der Waals surface area contributed by atoms with E-state index in [-0.39, 0.29) is 5.91 Å². The number of H-pyrrole nitrogens is 1. The van der Waals surface area contributed by atoms with Crippen molar-refractivity contribution in [1.29, 1.82) is 0 Å². The molecule has 0 saturated heterocycles. The molecular weight excluding hydrogens is 300 g/mol. The van der Waals surface area contributed by atoms with E-state index in [0.717, 1.165) is 36.9 Å². The number of benzene rings is 1. The van der Waals surface area contributed by atoms with Crippen molar-refractivity contribution in [2.45, 2.75) is 38.6 Å². The molecule has 1 aliphatic rings. The summed E-state index contributed by atoms with van der Waals surface area (Å²) in [5, 5.41) is 8.42. The van der Waals surface area contributed by atoms with Crippen molar-refractivity contribution in [2.75, 3.05) is 6.54 Å². The molecule has 0 bridgehead atoms. The van der Waals surface area contributed by atoms with Crippen molar-refractivity contribution in [3.8, 4) is 0 Å². The quantitative estimate of drug-likeness (QED) is 0.709. The van der Waals surface area contributed by atoms with Crippen LogP contribution in [-0.2, 0) is 19.4 Å². The minimum absolute atomic E-state index is 0.000313. The molecule has 0 saturated carbocycles. The predicted octanol–water partition coefficient (Wildman–Crippen LogP) is 3.06. The van der Waals surface area contributed by atoms with Crippen LogP contribution in [0, 0.1) is 0 Å². The minimum atomic E-state index is -0.000313. The highest BCUT2D eigenvalue weighted by Gasteiger charge is 2.19. The number of para-hydroxylation sites is 1. The maximum atomic E-state index is 12.6. The Bertz CT molecular complexity index is 848. The third-order valence-electron chi connectivity index (χ3n) is 4.79. The molecule has 0 unspecified atom stereocenters. The van der Waals surface area contributed by atoms with E-state index in [2.05, 4.69) is 21.5 Å². The fourth-order valence-corrected chi connectivity index (χ4v) is 3.59. The molecule has 0 atom stereocenters. The summed E-state index contributed by atoms with van der Waals surface area (Å²) in [6, 6.07) is 7.94. The van der Waals surface area contributed by atoms with Gasteiger partial charge in [0.05, 0.1) is 11.1 Å². The van der Waals surface area contributed by atoms with Crippen LogP contribution in [0.25, 0.3) is 10.9 Å². The van der Waals surface area contributed by atoms with Crippen LogP contribution in [-0.4, -0.2) is 27.2 Å². The molecule has 4 rings (SSSR count). The lowest BCUT2D eigenvalue weighted by Crippen LogP contribution is -2.25. The molecule has 0 spiro atoms. The van der Waals surface area contributed by atoms with E-state index >= 15 is 0 Å². The van der Waals surface area contributed by atoms with E-state index in [9.17, 15) is 4.79 Å². The van der Waals surface area contributed by atoms with Gasteiger partial charge in [0.1, 0.15) is 0 Å². The first-order valence-electron chi connectivity index (χ1n) is 8.71. The van der Waals surface area contributed by atoms with Gasteiger partial charge in [0.2, 0.25) is 0 Å². The number of fused-ring (bicyclic) bond motifs is 3. The first-order valence-corrected chi connectivity index (χ1v) is 8.71. The zero-order valence-corrected chi connectivity index (χ0v) is 13.7. The van der Waals surface area contributed by atoms with Gasteiger partial charge in [-0.25, -0.2) is 0 Å². The second kappa shape index (κ2) is 6.51. The Morgan fingerprint density at radius 1 is 1.25 bits per heavy atom. The topological polar surface area (TPSA) is 62.7 Å². The normalized spacial score (nSPS) is 13.8. The van der Waals surface area contributed by atoms with Gasteiger partial charge in [0, 0.05) is 36.6 Å². The average molecular weight is 322 g/mol. The van der Waals surface area contributed by atoms with Gasteiger partial charge in [-0.3, -0.25) is 9.48 Å². The molecule has 2 heterocycles. The summed E-state index contributed by atoms with van der Waals surface area (Å²) in [7, 11) is 0. The summed E-state index contributed by atoms with van der Waals surface area (Å²) in [6.45, 7) is 1.46. The van der Waals surface area contributed by atoms with Crippen LogP contribution >= 0.6 is 0 Å². The van der Waals surface area contributed by atoms with Crippen LogP contribution in [0.15, 0.2) is 36.7 Å². The maximum Gasteiger partial charge on any atom is 0.253 e. The van der Waals surface area contributed by atoms with Crippen molar-refractivity contribution in [3.05, 3.63) is 53.5 Å². The highest BCUT2D eigenvalue weighted by molar-refractivity contribution is 6.06. The number of rotatable bonds is 5. The predicted molar refractivity (Wildman–Crippen MR) is 94.1 cm³/mol. The molecule has 0 radical (unpaired) electrons. The Kier molecular flexibility index (Phi) is 4.07. The van der Waals surface area contributed by atoms with Gasteiger partial charge in [-0.05, 0) is 49.8 Å².